The molecule has 1 aliphatic rings. The van der Waals surface area contributed by atoms with Gasteiger partial charge in [-0.05, 0) is 56.9 Å². The van der Waals surface area contributed by atoms with E-state index in [0.717, 1.165) is 16.0 Å². The molecule has 1 fully saturated rings. The van der Waals surface area contributed by atoms with Gasteiger partial charge in [-0.2, -0.15) is 0 Å². The fraction of sp³-hybridized carbons (Fsp3) is 0.462. The highest BCUT2D eigenvalue weighted by Gasteiger charge is 2.48. The number of aliphatic hydroxyl groups is 1. The summed E-state index contributed by atoms with van der Waals surface area (Å²) in [6, 6.07) is 13.8. The molecular formula is C26H33NO7. The Bertz CT molecular complexity index is 964. The molecule has 2 aromatic carbocycles. The van der Waals surface area contributed by atoms with Crippen LogP contribution in [0.25, 0.3) is 0 Å². The van der Waals surface area contributed by atoms with Crippen LogP contribution >= 0.6 is 0 Å². The number of ether oxygens (including phenoxy) is 4. The lowest BCUT2D eigenvalue weighted by molar-refractivity contribution is -0.152. The molecule has 3 atom stereocenters. The van der Waals surface area contributed by atoms with E-state index in [1.807, 2.05) is 42.5 Å². The summed E-state index contributed by atoms with van der Waals surface area (Å²) in [4.78, 5) is 27.1. The minimum absolute atomic E-state index is 0.0756. The topological polar surface area (TPSA) is 94.5 Å². The average molecular weight is 472 g/mol. The highest BCUT2D eigenvalue weighted by molar-refractivity contribution is 5.82. The summed E-state index contributed by atoms with van der Waals surface area (Å²) in [5.74, 6) is 0.229. The summed E-state index contributed by atoms with van der Waals surface area (Å²) in [5, 5.41) is 11.1. The van der Waals surface area contributed by atoms with Crippen molar-refractivity contribution >= 4 is 12.1 Å². The number of rotatable bonds is 7. The van der Waals surface area contributed by atoms with Gasteiger partial charge in [0, 0.05) is 12.0 Å². The van der Waals surface area contributed by atoms with E-state index < -0.39 is 35.9 Å². The van der Waals surface area contributed by atoms with Crippen molar-refractivity contribution in [3.05, 3.63) is 59.7 Å². The SMILES string of the molecule is COc1cc(C[C@H]2C[C@H](C(=O)OCc3ccccc3)N(C(=O)OC(C)(C)C)C2O)cc(OC)c1. The molecule has 0 spiro atoms. The molecule has 34 heavy (non-hydrogen) atoms. The second kappa shape index (κ2) is 10.8. The summed E-state index contributed by atoms with van der Waals surface area (Å²) in [6.45, 7) is 5.27. The van der Waals surface area contributed by atoms with E-state index >= 15 is 0 Å². The van der Waals surface area contributed by atoms with E-state index in [2.05, 4.69) is 0 Å². The van der Waals surface area contributed by atoms with Gasteiger partial charge < -0.3 is 24.1 Å². The smallest absolute Gasteiger partial charge is 0.413 e. The molecule has 1 heterocycles. The van der Waals surface area contributed by atoms with Gasteiger partial charge in [0.1, 0.15) is 36.0 Å². The van der Waals surface area contributed by atoms with Crippen LogP contribution in [0.4, 0.5) is 4.79 Å². The lowest BCUT2D eigenvalue weighted by atomic mass is 9.95. The van der Waals surface area contributed by atoms with E-state index in [-0.39, 0.29) is 13.0 Å². The predicted molar refractivity (Wildman–Crippen MR) is 125 cm³/mol. The van der Waals surface area contributed by atoms with Crippen molar-refractivity contribution in [2.75, 3.05) is 14.2 Å². The Labute approximate surface area is 200 Å². The fourth-order valence-electron chi connectivity index (χ4n) is 3.99. The Morgan fingerprint density at radius 3 is 2.18 bits per heavy atom. The zero-order valence-corrected chi connectivity index (χ0v) is 20.3. The van der Waals surface area contributed by atoms with Gasteiger partial charge in [0.25, 0.3) is 0 Å². The number of likely N-dealkylation sites (tertiary alicyclic amines) is 1. The Morgan fingerprint density at radius 1 is 1.00 bits per heavy atom. The molecule has 8 heteroatoms. The summed E-state index contributed by atoms with van der Waals surface area (Å²) in [6.07, 6.45) is -1.35. The second-order valence-electron chi connectivity index (χ2n) is 9.33. The highest BCUT2D eigenvalue weighted by atomic mass is 16.6. The molecule has 184 valence electrons. The third-order valence-corrected chi connectivity index (χ3v) is 5.58. The van der Waals surface area contributed by atoms with Gasteiger partial charge >= 0.3 is 12.1 Å². The molecule has 0 bridgehead atoms. The van der Waals surface area contributed by atoms with Crippen LogP contribution in [0.1, 0.15) is 38.3 Å². The molecule has 8 nitrogen and oxygen atoms in total. The van der Waals surface area contributed by atoms with Crippen LogP contribution in [0.15, 0.2) is 48.5 Å². The number of benzene rings is 2. The number of nitrogens with zero attached hydrogens (tertiary/aromatic N) is 1. The van der Waals surface area contributed by atoms with Gasteiger partial charge in [0.05, 0.1) is 14.2 Å². The van der Waals surface area contributed by atoms with E-state index in [4.69, 9.17) is 18.9 Å². The zero-order valence-electron chi connectivity index (χ0n) is 20.3. The van der Waals surface area contributed by atoms with Gasteiger partial charge in [-0.25, -0.2) is 9.59 Å². The van der Waals surface area contributed by atoms with Crippen LogP contribution in [-0.4, -0.2) is 54.2 Å². The van der Waals surface area contributed by atoms with Crippen molar-refractivity contribution in [3.63, 3.8) is 0 Å². The largest absolute Gasteiger partial charge is 0.497 e. The normalized spacial score (nSPS) is 20.1. The summed E-state index contributed by atoms with van der Waals surface area (Å²) in [5.41, 5.74) is 0.897. The first-order valence-corrected chi connectivity index (χ1v) is 11.2. The van der Waals surface area contributed by atoms with E-state index in [0.29, 0.717) is 17.9 Å². The van der Waals surface area contributed by atoms with Crippen LogP contribution in [0, 0.1) is 5.92 Å². The molecule has 2 aromatic rings. The van der Waals surface area contributed by atoms with Gasteiger partial charge in [0.2, 0.25) is 0 Å². The fourth-order valence-corrected chi connectivity index (χ4v) is 3.99. The molecule has 0 radical (unpaired) electrons. The minimum Gasteiger partial charge on any atom is -0.497 e. The molecular weight excluding hydrogens is 438 g/mol. The van der Waals surface area contributed by atoms with Crippen molar-refractivity contribution in [1.82, 2.24) is 4.90 Å². The van der Waals surface area contributed by atoms with Crippen LogP contribution in [0.5, 0.6) is 11.5 Å². The number of methoxy groups -OCH3 is 2. The van der Waals surface area contributed by atoms with Crippen LogP contribution < -0.4 is 9.47 Å². The molecule has 1 N–H and O–H groups in total. The highest BCUT2D eigenvalue weighted by Crippen LogP contribution is 2.35. The molecule has 1 aliphatic heterocycles. The van der Waals surface area contributed by atoms with Gasteiger partial charge in [0.15, 0.2) is 0 Å². The molecule has 0 saturated carbocycles. The standard InChI is InChI=1S/C26H33NO7/c1-26(2,3)34-25(30)27-22(24(29)33-16-17-9-7-6-8-10-17)14-19(23(27)28)11-18-12-20(31-4)15-21(13-18)32-5/h6-10,12-13,15,19,22-23,28H,11,14,16H2,1-5H3/t19-,22+,23?/m0/s1. The molecule has 0 aromatic heterocycles. The van der Waals surface area contributed by atoms with Gasteiger partial charge in [-0.3, -0.25) is 4.90 Å². The zero-order chi connectivity index (χ0) is 24.9. The monoisotopic (exact) mass is 471 g/mol. The average Bonchev–Trinajstić information content (AvgIpc) is 3.12. The number of esters is 1. The predicted octanol–water partition coefficient (Wildman–Crippen LogP) is 3.93. The number of hydrogen-bond acceptors (Lipinski definition) is 7. The number of hydrogen-bond donors (Lipinski definition) is 1. The van der Waals surface area contributed by atoms with Crippen LogP contribution in [-0.2, 0) is 27.3 Å². The first-order valence-electron chi connectivity index (χ1n) is 11.2. The van der Waals surface area contributed by atoms with Crippen LogP contribution in [0.2, 0.25) is 0 Å². The first-order chi connectivity index (χ1) is 16.1. The maximum absolute atomic E-state index is 13.0. The molecule has 3 rings (SSSR count). The van der Waals surface area contributed by atoms with Crippen molar-refractivity contribution in [3.8, 4) is 11.5 Å². The first kappa shape index (κ1) is 25.4. The quantitative estimate of drug-likeness (QED) is 0.612. The Morgan fingerprint density at radius 2 is 1.62 bits per heavy atom. The third kappa shape index (κ3) is 6.41. The van der Waals surface area contributed by atoms with E-state index in [1.165, 1.54) is 0 Å². The molecule has 1 saturated heterocycles. The van der Waals surface area contributed by atoms with Crippen molar-refractivity contribution < 1.29 is 33.6 Å². The van der Waals surface area contributed by atoms with E-state index in [1.54, 1.807) is 41.1 Å². The lowest BCUT2D eigenvalue weighted by Gasteiger charge is -2.30. The Balaban J connectivity index is 1.81. The molecule has 1 unspecified atom stereocenters. The van der Waals surface area contributed by atoms with Crippen molar-refractivity contribution in [2.45, 2.75) is 58.1 Å². The maximum atomic E-state index is 13.0. The Hall–Kier alpha value is -3.26. The molecule has 1 amide bonds. The summed E-state index contributed by atoms with van der Waals surface area (Å²) >= 11 is 0. The van der Waals surface area contributed by atoms with Crippen molar-refractivity contribution in [1.29, 1.82) is 0 Å². The summed E-state index contributed by atoms with van der Waals surface area (Å²) in [7, 11) is 3.12. The van der Waals surface area contributed by atoms with Gasteiger partial charge in [-0.1, -0.05) is 30.3 Å². The lowest BCUT2D eigenvalue weighted by Crippen LogP contribution is -2.48. The number of carbonyl (C=O) groups excluding carboxylic acids is 2. The van der Waals surface area contributed by atoms with Crippen molar-refractivity contribution in [2.24, 2.45) is 5.92 Å². The van der Waals surface area contributed by atoms with Gasteiger partial charge in [-0.15, -0.1) is 0 Å². The number of amides is 1. The Kier molecular flexibility index (Phi) is 8.04. The summed E-state index contributed by atoms with van der Waals surface area (Å²) < 4.78 is 21.7. The molecule has 0 aliphatic carbocycles. The maximum Gasteiger partial charge on any atom is 0.413 e. The second-order valence-corrected chi connectivity index (χ2v) is 9.33. The third-order valence-electron chi connectivity index (χ3n) is 5.58. The van der Waals surface area contributed by atoms with Crippen LogP contribution in [0.3, 0.4) is 0 Å². The minimum atomic E-state index is -1.22. The number of carbonyl (C=O) groups is 2. The van der Waals surface area contributed by atoms with E-state index in [9.17, 15) is 14.7 Å². The number of aliphatic hydroxyl groups excluding tert-OH is 1.